The highest BCUT2D eigenvalue weighted by Crippen LogP contribution is 2.32. The molecule has 31 heavy (non-hydrogen) atoms. The van der Waals surface area contributed by atoms with Gasteiger partial charge in [0.1, 0.15) is 11.4 Å². The molecule has 3 heterocycles. The number of phenols is 1. The summed E-state index contributed by atoms with van der Waals surface area (Å²) in [4.78, 5) is 7.99. The smallest absolute Gasteiger partial charge is 0.159 e. The zero-order chi connectivity index (χ0) is 21.4. The van der Waals surface area contributed by atoms with E-state index in [4.69, 9.17) is 4.74 Å². The van der Waals surface area contributed by atoms with Gasteiger partial charge in [-0.1, -0.05) is 25.1 Å². The number of nitrogens with zero attached hydrogens (tertiary/aromatic N) is 2. The van der Waals surface area contributed by atoms with E-state index in [-0.39, 0.29) is 6.04 Å². The van der Waals surface area contributed by atoms with E-state index in [2.05, 4.69) is 56.7 Å². The van der Waals surface area contributed by atoms with E-state index in [1.54, 1.807) is 13.2 Å². The molecular formula is C24H25N5O2. The molecule has 5 rings (SSSR count). The van der Waals surface area contributed by atoms with E-state index in [0.29, 0.717) is 12.4 Å². The zero-order valence-corrected chi connectivity index (χ0v) is 17.6. The van der Waals surface area contributed by atoms with Gasteiger partial charge in [-0.2, -0.15) is 5.10 Å². The van der Waals surface area contributed by atoms with Crippen molar-refractivity contribution in [2.75, 3.05) is 20.3 Å². The third-order valence-electron chi connectivity index (χ3n) is 5.79. The molecule has 2 aromatic carbocycles. The van der Waals surface area contributed by atoms with Crippen LogP contribution in [0, 0.1) is 0 Å². The first kappa shape index (κ1) is 19.5. The topological polar surface area (TPSA) is 98.9 Å². The highest BCUT2D eigenvalue weighted by Gasteiger charge is 2.19. The predicted molar refractivity (Wildman–Crippen MR) is 122 cm³/mol. The first-order chi connectivity index (χ1) is 15.2. The Morgan fingerprint density at radius 1 is 1.19 bits per heavy atom. The molecular weight excluding hydrogens is 390 g/mol. The molecule has 0 unspecified atom stereocenters. The van der Waals surface area contributed by atoms with Gasteiger partial charge in [-0.25, -0.2) is 4.98 Å². The van der Waals surface area contributed by atoms with Crippen LogP contribution in [0.5, 0.6) is 5.75 Å². The Labute approximate surface area is 180 Å². The molecule has 158 valence electrons. The molecule has 7 heteroatoms. The average molecular weight is 415 g/mol. The monoisotopic (exact) mass is 415 g/mol. The van der Waals surface area contributed by atoms with Crippen molar-refractivity contribution in [2.45, 2.75) is 19.4 Å². The van der Waals surface area contributed by atoms with Crippen LogP contribution in [0.15, 0.2) is 48.7 Å². The molecule has 2 aromatic heterocycles. The van der Waals surface area contributed by atoms with E-state index in [1.165, 1.54) is 5.57 Å². The van der Waals surface area contributed by atoms with Crippen LogP contribution in [0.1, 0.15) is 18.2 Å². The van der Waals surface area contributed by atoms with Crippen molar-refractivity contribution in [3.8, 4) is 28.4 Å². The second kappa shape index (κ2) is 8.02. The normalized spacial score (nSPS) is 16.2. The maximum Gasteiger partial charge on any atom is 0.159 e. The number of rotatable bonds is 6. The van der Waals surface area contributed by atoms with Crippen LogP contribution < -0.4 is 5.32 Å². The Kier molecular flexibility index (Phi) is 5.05. The van der Waals surface area contributed by atoms with Gasteiger partial charge >= 0.3 is 0 Å². The van der Waals surface area contributed by atoms with Crippen LogP contribution in [0.4, 0.5) is 0 Å². The van der Waals surface area contributed by atoms with Gasteiger partial charge in [-0.3, -0.25) is 5.10 Å². The number of imidazole rings is 1. The number of phenolic OH excluding ortho intramolecular Hbond substituents is 1. The molecule has 1 aliphatic rings. The van der Waals surface area contributed by atoms with Gasteiger partial charge in [0.15, 0.2) is 5.82 Å². The molecule has 0 radical (unpaired) electrons. The van der Waals surface area contributed by atoms with Crippen LogP contribution in [0.2, 0.25) is 0 Å². The molecule has 0 amide bonds. The second-order valence-corrected chi connectivity index (χ2v) is 7.81. The Hall–Kier alpha value is -3.42. The van der Waals surface area contributed by atoms with Crippen LogP contribution in [-0.2, 0) is 11.2 Å². The van der Waals surface area contributed by atoms with Gasteiger partial charge in [0.2, 0.25) is 0 Å². The molecule has 0 saturated carbocycles. The van der Waals surface area contributed by atoms with Gasteiger partial charge < -0.3 is 20.1 Å². The summed E-state index contributed by atoms with van der Waals surface area (Å²) in [7, 11) is 1.71. The fourth-order valence-corrected chi connectivity index (χ4v) is 4.20. The quantitative estimate of drug-likeness (QED) is 0.383. The number of hydrogen-bond donors (Lipinski definition) is 4. The predicted octanol–water partition coefficient (Wildman–Crippen LogP) is 3.89. The maximum atomic E-state index is 9.80. The fraction of sp³-hybridized carbons (Fsp3) is 0.250. The molecule has 4 N–H and O–H groups in total. The van der Waals surface area contributed by atoms with Crippen LogP contribution in [0.3, 0.4) is 0 Å². The largest absolute Gasteiger partial charge is 0.508 e. The number of aromatic amines is 2. The van der Waals surface area contributed by atoms with E-state index < -0.39 is 0 Å². The number of benzene rings is 2. The standard InChI is InChI=1S/C24H25N5O2/c1-3-14-9-18(30)5-7-19(14)15-4-6-20-21(10-15)28-29-23(20)24-26-12-22(27-24)16-8-17(13-31-2)25-11-16/h4-10,12,17,25,30H,3,11,13H2,1-2H3,(H,26,27)(H,28,29)/t17-/m1/s1. The average Bonchev–Trinajstić information content (AvgIpc) is 3.52. The fourth-order valence-electron chi connectivity index (χ4n) is 4.20. The summed E-state index contributed by atoms with van der Waals surface area (Å²) in [5.74, 6) is 1.03. The third-order valence-corrected chi connectivity index (χ3v) is 5.79. The van der Waals surface area contributed by atoms with E-state index in [9.17, 15) is 5.11 Å². The molecule has 0 aliphatic carbocycles. The minimum absolute atomic E-state index is 0.226. The van der Waals surface area contributed by atoms with Crippen molar-refractivity contribution in [3.05, 3.63) is 59.9 Å². The van der Waals surface area contributed by atoms with E-state index >= 15 is 0 Å². The molecule has 1 aliphatic heterocycles. The van der Waals surface area contributed by atoms with Crippen molar-refractivity contribution in [1.82, 2.24) is 25.5 Å². The zero-order valence-electron chi connectivity index (χ0n) is 17.6. The highest BCUT2D eigenvalue weighted by atomic mass is 16.5. The summed E-state index contributed by atoms with van der Waals surface area (Å²) >= 11 is 0. The molecule has 0 saturated heterocycles. The number of fused-ring (bicyclic) bond motifs is 1. The first-order valence-corrected chi connectivity index (χ1v) is 10.5. The summed E-state index contributed by atoms with van der Waals surface area (Å²) in [6.07, 6.45) is 4.89. The lowest BCUT2D eigenvalue weighted by Crippen LogP contribution is -2.26. The van der Waals surface area contributed by atoms with Gasteiger partial charge in [0, 0.05) is 25.1 Å². The lowest BCUT2D eigenvalue weighted by Gasteiger charge is -2.09. The lowest BCUT2D eigenvalue weighted by atomic mass is 9.97. The van der Waals surface area contributed by atoms with Crippen molar-refractivity contribution in [2.24, 2.45) is 0 Å². The molecule has 1 atom stereocenters. The van der Waals surface area contributed by atoms with Crippen LogP contribution in [0.25, 0.3) is 39.1 Å². The third kappa shape index (κ3) is 3.62. The summed E-state index contributed by atoms with van der Waals surface area (Å²) in [5, 5.41) is 21.9. The molecule has 4 aromatic rings. The van der Waals surface area contributed by atoms with E-state index in [1.807, 2.05) is 18.3 Å². The Bertz CT molecular complexity index is 1270. The van der Waals surface area contributed by atoms with Gasteiger partial charge in [0.25, 0.3) is 0 Å². The van der Waals surface area contributed by atoms with Gasteiger partial charge in [-0.05, 0) is 52.9 Å². The Morgan fingerprint density at radius 3 is 2.94 bits per heavy atom. The molecule has 0 bridgehead atoms. The number of hydrogen-bond acceptors (Lipinski definition) is 5. The Balaban J connectivity index is 1.47. The summed E-state index contributed by atoms with van der Waals surface area (Å²) < 4.78 is 5.22. The number of ether oxygens (including phenoxy) is 1. The molecule has 7 nitrogen and oxygen atoms in total. The van der Waals surface area contributed by atoms with Gasteiger partial charge in [-0.15, -0.1) is 0 Å². The maximum absolute atomic E-state index is 9.80. The summed E-state index contributed by atoms with van der Waals surface area (Å²) in [5.41, 5.74) is 7.24. The number of aryl methyl sites for hydroxylation is 1. The minimum Gasteiger partial charge on any atom is -0.508 e. The number of H-pyrrole nitrogens is 2. The number of aromatic hydroxyl groups is 1. The van der Waals surface area contributed by atoms with Crippen molar-refractivity contribution in [1.29, 1.82) is 0 Å². The number of aromatic nitrogens is 4. The van der Waals surface area contributed by atoms with Crippen molar-refractivity contribution < 1.29 is 9.84 Å². The minimum atomic E-state index is 0.226. The van der Waals surface area contributed by atoms with Gasteiger partial charge in [0.05, 0.1) is 24.0 Å². The van der Waals surface area contributed by atoms with E-state index in [0.717, 1.165) is 57.8 Å². The second-order valence-electron chi connectivity index (χ2n) is 7.81. The van der Waals surface area contributed by atoms with Crippen LogP contribution >= 0.6 is 0 Å². The number of methoxy groups -OCH3 is 1. The van der Waals surface area contributed by atoms with Crippen molar-refractivity contribution >= 4 is 16.5 Å². The first-order valence-electron chi connectivity index (χ1n) is 10.5. The Morgan fingerprint density at radius 2 is 2.10 bits per heavy atom. The summed E-state index contributed by atoms with van der Waals surface area (Å²) in [6.45, 7) is 3.52. The summed E-state index contributed by atoms with van der Waals surface area (Å²) in [6, 6.07) is 12.0. The lowest BCUT2D eigenvalue weighted by molar-refractivity contribution is 0.184. The molecule has 0 fully saturated rings. The molecule has 0 spiro atoms. The number of nitrogens with one attached hydrogen (secondary N) is 3. The van der Waals surface area contributed by atoms with Crippen molar-refractivity contribution in [3.63, 3.8) is 0 Å². The highest BCUT2D eigenvalue weighted by molar-refractivity contribution is 5.94. The SMILES string of the molecule is CCc1cc(O)ccc1-c1ccc2c(-c3ncc(C4=C[C@H](COC)NC4)[nH]3)n[nH]c2c1. The van der Waals surface area contributed by atoms with Crippen LogP contribution in [-0.4, -0.2) is 51.6 Å².